The highest BCUT2D eigenvalue weighted by Crippen LogP contribution is 2.24. The minimum absolute atomic E-state index is 0.216. The van der Waals surface area contributed by atoms with E-state index in [0.29, 0.717) is 13.2 Å². The zero-order valence-electron chi connectivity index (χ0n) is 15.5. The van der Waals surface area contributed by atoms with E-state index in [1.165, 1.54) is 40.4 Å². The molecule has 0 fully saturated rings. The maximum absolute atomic E-state index is 12.6. The Morgan fingerprint density at radius 2 is 2.11 bits per heavy atom. The molecule has 1 aromatic heterocycles. The minimum atomic E-state index is -0.547. The summed E-state index contributed by atoms with van der Waals surface area (Å²) in [6.45, 7) is 2.62. The second-order valence-electron chi connectivity index (χ2n) is 6.19. The molecule has 0 N–H and O–H groups in total. The molecule has 3 aromatic rings. The average Bonchev–Trinajstić information content (AvgIpc) is 3.21. The highest BCUT2D eigenvalue weighted by molar-refractivity contribution is 5.95. The number of nitro groups is 1. The van der Waals surface area contributed by atoms with Gasteiger partial charge in [-0.3, -0.25) is 14.9 Å². The second kappa shape index (κ2) is 8.30. The summed E-state index contributed by atoms with van der Waals surface area (Å²) >= 11 is 0. The summed E-state index contributed by atoms with van der Waals surface area (Å²) in [6.07, 6.45) is 2.64. The smallest absolute Gasteiger partial charge is 0.295 e. The van der Waals surface area contributed by atoms with Crippen molar-refractivity contribution in [1.82, 2.24) is 19.7 Å². The molecule has 9 heteroatoms. The van der Waals surface area contributed by atoms with Crippen molar-refractivity contribution in [2.24, 2.45) is 0 Å². The molecule has 0 saturated heterocycles. The monoisotopic (exact) mass is 381 g/mol. The quantitative estimate of drug-likeness (QED) is 0.460. The van der Waals surface area contributed by atoms with E-state index in [9.17, 15) is 14.9 Å². The number of benzene rings is 2. The van der Waals surface area contributed by atoms with Crippen LogP contribution >= 0.6 is 0 Å². The molecule has 0 spiro atoms. The van der Waals surface area contributed by atoms with E-state index in [0.717, 1.165) is 11.3 Å². The van der Waals surface area contributed by atoms with E-state index < -0.39 is 4.92 Å². The number of ether oxygens (including phenoxy) is 1. The predicted octanol–water partition coefficient (Wildman–Crippen LogP) is 2.63. The lowest BCUT2D eigenvalue weighted by molar-refractivity contribution is -0.384. The van der Waals surface area contributed by atoms with Crippen LogP contribution in [0, 0.1) is 17.0 Å². The molecule has 144 valence electrons. The summed E-state index contributed by atoms with van der Waals surface area (Å²) in [4.78, 5) is 28.7. The zero-order chi connectivity index (χ0) is 20.1. The van der Waals surface area contributed by atoms with Crippen LogP contribution in [0.4, 0.5) is 5.69 Å². The first-order chi connectivity index (χ1) is 13.5. The van der Waals surface area contributed by atoms with Crippen LogP contribution in [0.25, 0.3) is 5.69 Å². The summed E-state index contributed by atoms with van der Waals surface area (Å²) in [5.41, 5.74) is 1.32. The highest BCUT2D eigenvalue weighted by atomic mass is 16.6. The van der Waals surface area contributed by atoms with Crippen LogP contribution in [-0.4, -0.2) is 50.7 Å². The molecular weight excluding hydrogens is 362 g/mol. The Labute approximate surface area is 161 Å². The zero-order valence-corrected chi connectivity index (χ0v) is 15.5. The van der Waals surface area contributed by atoms with E-state index in [1.807, 2.05) is 31.2 Å². The fourth-order valence-corrected chi connectivity index (χ4v) is 2.66. The molecule has 0 atom stereocenters. The van der Waals surface area contributed by atoms with E-state index in [4.69, 9.17) is 4.74 Å². The van der Waals surface area contributed by atoms with E-state index >= 15 is 0 Å². The minimum Gasteiger partial charge on any atom is -0.492 e. The van der Waals surface area contributed by atoms with Crippen molar-refractivity contribution in [1.29, 1.82) is 0 Å². The van der Waals surface area contributed by atoms with Crippen LogP contribution in [0.5, 0.6) is 5.75 Å². The topological polar surface area (TPSA) is 103 Å². The molecule has 0 bridgehead atoms. The second-order valence-corrected chi connectivity index (χ2v) is 6.19. The van der Waals surface area contributed by atoms with Gasteiger partial charge in [-0.05, 0) is 36.8 Å². The largest absolute Gasteiger partial charge is 0.492 e. The Morgan fingerprint density at radius 1 is 1.29 bits per heavy atom. The van der Waals surface area contributed by atoms with Gasteiger partial charge in [-0.1, -0.05) is 12.1 Å². The number of nitro benzene ring substituents is 1. The standard InChI is InChI=1S/C19H19N5O4/c1-14-4-3-5-16(10-14)28-9-8-22(2)19(25)15-6-7-17(18(11-15)24(26)27)23-13-20-12-21-23/h3-7,10-13H,8-9H2,1-2H3. The molecule has 28 heavy (non-hydrogen) atoms. The molecular formula is C19H19N5O4. The van der Waals surface area contributed by atoms with Crippen LogP contribution < -0.4 is 4.74 Å². The van der Waals surface area contributed by atoms with Crippen molar-refractivity contribution in [3.63, 3.8) is 0 Å². The van der Waals surface area contributed by atoms with Gasteiger partial charge in [-0.2, -0.15) is 5.10 Å². The Hall–Kier alpha value is -3.75. The van der Waals surface area contributed by atoms with Gasteiger partial charge in [-0.25, -0.2) is 9.67 Å². The van der Waals surface area contributed by atoms with Gasteiger partial charge < -0.3 is 9.64 Å². The highest BCUT2D eigenvalue weighted by Gasteiger charge is 2.21. The molecule has 0 aliphatic carbocycles. The summed E-state index contributed by atoms with van der Waals surface area (Å²) < 4.78 is 6.94. The number of nitrogens with zero attached hydrogens (tertiary/aromatic N) is 5. The van der Waals surface area contributed by atoms with Gasteiger partial charge in [0.2, 0.25) is 0 Å². The van der Waals surface area contributed by atoms with Crippen LogP contribution in [0.1, 0.15) is 15.9 Å². The first kappa shape index (κ1) is 19.0. The lowest BCUT2D eigenvalue weighted by atomic mass is 10.1. The normalized spacial score (nSPS) is 10.5. The third-order valence-corrected chi connectivity index (χ3v) is 4.12. The molecule has 0 radical (unpaired) electrons. The van der Waals surface area contributed by atoms with Crippen LogP contribution in [0.2, 0.25) is 0 Å². The van der Waals surface area contributed by atoms with Crippen molar-refractivity contribution in [3.05, 3.63) is 76.4 Å². The number of hydrogen-bond acceptors (Lipinski definition) is 6. The molecule has 2 aromatic carbocycles. The number of hydrogen-bond donors (Lipinski definition) is 0. The number of carbonyl (C=O) groups is 1. The number of amides is 1. The third-order valence-electron chi connectivity index (χ3n) is 4.12. The van der Waals surface area contributed by atoms with Gasteiger partial charge in [0.25, 0.3) is 11.6 Å². The number of rotatable bonds is 7. The number of aryl methyl sites for hydroxylation is 1. The number of likely N-dealkylation sites (N-methyl/N-ethyl adjacent to an activating group) is 1. The molecule has 0 aliphatic heterocycles. The van der Waals surface area contributed by atoms with Crippen molar-refractivity contribution in [2.75, 3.05) is 20.2 Å². The van der Waals surface area contributed by atoms with Gasteiger partial charge in [0.05, 0.1) is 11.5 Å². The van der Waals surface area contributed by atoms with E-state index in [1.54, 1.807) is 7.05 Å². The number of carbonyl (C=O) groups excluding carboxylic acids is 1. The summed E-state index contributed by atoms with van der Waals surface area (Å²) in [6, 6.07) is 11.9. The molecule has 9 nitrogen and oxygen atoms in total. The van der Waals surface area contributed by atoms with Crippen molar-refractivity contribution < 1.29 is 14.5 Å². The molecule has 0 saturated carbocycles. The van der Waals surface area contributed by atoms with Gasteiger partial charge in [-0.15, -0.1) is 0 Å². The molecule has 0 aliphatic rings. The lowest BCUT2D eigenvalue weighted by Crippen LogP contribution is -2.31. The summed E-state index contributed by atoms with van der Waals surface area (Å²) in [5.74, 6) is 0.398. The number of aromatic nitrogens is 3. The fraction of sp³-hybridized carbons (Fsp3) is 0.211. The molecule has 1 amide bonds. The van der Waals surface area contributed by atoms with Crippen LogP contribution in [0.15, 0.2) is 55.1 Å². The molecule has 3 rings (SSSR count). The summed E-state index contributed by atoms with van der Waals surface area (Å²) in [7, 11) is 1.62. The Balaban J connectivity index is 1.69. The first-order valence-electron chi connectivity index (χ1n) is 8.54. The Bertz CT molecular complexity index is 988. The van der Waals surface area contributed by atoms with Gasteiger partial charge >= 0.3 is 0 Å². The third kappa shape index (κ3) is 4.32. The lowest BCUT2D eigenvalue weighted by Gasteiger charge is -2.18. The van der Waals surface area contributed by atoms with Gasteiger partial charge in [0.15, 0.2) is 0 Å². The SMILES string of the molecule is Cc1cccc(OCCN(C)C(=O)c2ccc(-n3cncn3)c([N+](=O)[O-])c2)c1. The van der Waals surface area contributed by atoms with Crippen molar-refractivity contribution in [3.8, 4) is 11.4 Å². The van der Waals surface area contributed by atoms with Crippen molar-refractivity contribution in [2.45, 2.75) is 6.92 Å². The Morgan fingerprint density at radius 3 is 2.79 bits per heavy atom. The van der Waals surface area contributed by atoms with E-state index in [-0.39, 0.29) is 22.8 Å². The van der Waals surface area contributed by atoms with Crippen molar-refractivity contribution >= 4 is 11.6 Å². The average molecular weight is 381 g/mol. The van der Waals surface area contributed by atoms with Gasteiger partial charge in [0, 0.05) is 18.7 Å². The first-order valence-corrected chi connectivity index (χ1v) is 8.54. The van der Waals surface area contributed by atoms with E-state index in [2.05, 4.69) is 10.1 Å². The van der Waals surface area contributed by atoms with Crippen LogP contribution in [-0.2, 0) is 0 Å². The Kier molecular flexibility index (Phi) is 5.64. The fourth-order valence-electron chi connectivity index (χ4n) is 2.66. The maximum Gasteiger partial charge on any atom is 0.295 e. The van der Waals surface area contributed by atoms with Gasteiger partial charge in [0.1, 0.15) is 30.7 Å². The molecule has 0 unspecified atom stereocenters. The van der Waals surface area contributed by atoms with Crippen LogP contribution in [0.3, 0.4) is 0 Å². The maximum atomic E-state index is 12.6. The summed E-state index contributed by atoms with van der Waals surface area (Å²) in [5, 5.41) is 15.3. The molecule has 1 heterocycles. The predicted molar refractivity (Wildman–Crippen MR) is 102 cm³/mol.